The third-order valence-corrected chi connectivity index (χ3v) is 4.74. The van der Waals surface area contributed by atoms with Crippen molar-refractivity contribution in [3.05, 3.63) is 108 Å². The van der Waals surface area contributed by atoms with E-state index in [-0.39, 0.29) is 0 Å². The predicted molar refractivity (Wildman–Crippen MR) is 115 cm³/mol. The lowest BCUT2D eigenvalue weighted by molar-refractivity contribution is -0.351. The zero-order valence-electron chi connectivity index (χ0n) is 15.7. The summed E-state index contributed by atoms with van der Waals surface area (Å²) in [6.45, 7) is 0. The summed E-state index contributed by atoms with van der Waals surface area (Å²) in [5, 5.41) is 0. The number of benzene rings is 3. The summed E-state index contributed by atoms with van der Waals surface area (Å²) >= 11 is 0. The van der Waals surface area contributed by atoms with Gasteiger partial charge in [-0.15, -0.1) is 0 Å². The highest BCUT2D eigenvalue weighted by Crippen LogP contribution is 2.27. The molecule has 0 heterocycles. The van der Waals surface area contributed by atoms with E-state index in [1.165, 1.54) is 28.0 Å². The standard InChI is InChI=1S/C25H22N2/c1-27(2)22-15-12-19(13-16-22)18-20-14-17-25(24-11-7-6-10-23(20)24)26-21-8-4-3-5-9-21/h3-18H,1-2H3/p+1. The molecule has 0 unspecified atom stereocenters. The molecule has 2 heteroatoms. The summed E-state index contributed by atoms with van der Waals surface area (Å²) in [4.78, 5) is 5.65. The van der Waals surface area contributed by atoms with Crippen molar-refractivity contribution in [2.45, 2.75) is 0 Å². The molecule has 0 saturated heterocycles. The molecule has 3 aromatic rings. The molecule has 0 atom stereocenters. The van der Waals surface area contributed by atoms with E-state index < -0.39 is 0 Å². The molecular weight excluding hydrogens is 328 g/mol. The topological polar surface area (TPSA) is 17.2 Å². The van der Waals surface area contributed by atoms with E-state index in [4.69, 9.17) is 0 Å². The van der Waals surface area contributed by atoms with Gasteiger partial charge in [-0.2, -0.15) is 0 Å². The van der Waals surface area contributed by atoms with E-state index in [0.717, 1.165) is 11.4 Å². The third-order valence-electron chi connectivity index (χ3n) is 4.74. The van der Waals surface area contributed by atoms with E-state index in [9.17, 15) is 0 Å². The number of allylic oxidation sites excluding steroid dienone is 3. The molecule has 3 aromatic carbocycles. The number of nitrogens with one attached hydrogen (secondary N) is 1. The minimum atomic E-state index is 1.10. The van der Waals surface area contributed by atoms with Crippen molar-refractivity contribution in [1.82, 2.24) is 0 Å². The Morgan fingerprint density at radius 2 is 1.37 bits per heavy atom. The van der Waals surface area contributed by atoms with Crippen molar-refractivity contribution in [1.29, 1.82) is 0 Å². The van der Waals surface area contributed by atoms with Crippen molar-refractivity contribution in [3.63, 3.8) is 0 Å². The minimum Gasteiger partial charge on any atom is -0.378 e. The van der Waals surface area contributed by atoms with Gasteiger partial charge in [0.25, 0.3) is 0 Å². The first-order valence-corrected chi connectivity index (χ1v) is 9.17. The molecule has 132 valence electrons. The average molecular weight is 351 g/mol. The highest BCUT2D eigenvalue weighted by atomic mass is 15.1. The lowest BCUT2D eigenvalue weighted by Crippen LogP contribution is -2.66. The second-order valence-corrected chi connectivity index (χ2v) is 6.87. The third kappa shape index (κ3) is 3.75. The second kappa shape index (κ2) is 7.46. The van der Waals surface area contributed by atoms with Crippen LogP contribution in [-0.2, 0) is 0 Å². The summed E-state index contributed by atoms with van der Waals surface area (Å²) in [5.74, 6) is 0. The minimum absolute atomic E-state index is 1.10. The van der Waals surface area contributed by atoms with Crippen molar-refractivity contribution in [3.8, 4) is 0 Å². The largest absolute Gasteiger partial charge is 0.378 e. The van der Waals surface area contributed by atoms with Gasteiger partial charge in [-0.1, -0.05) is 48.5 Å². The zero-order valence-corrected chi connectivity index (χ0v) is 15.7. The van der Waals surface area contributed by atoms with Crippen molar-refractivity contribution in [2.24, 2.45) is 0 Å². The van der Waals surface area contributed by atoms with Crippen LogP contribution in [0.15, 0.2) is 91.0 Å². The average Bonchev–Trinajstić information content (AvgIpc) is 2.71. The van der Waals surface area contributed by atoms with Gasteiger partial charge in [-0.05, 0) is 47.1 Å². The first kappa shape index (κ1) is 17.0. The van der Waals surface area contributed by atoms with Gasteiger partial charge in [-0.25, -0.2) is 4.99 Å². The van der Waals surface area contributed by atoms with Crippen LogP contribution in [0, 0.1) is 0 Å². The normalized spacial score (nSPS) is 15.8. The van der Waals surface area contributed by atoms with Crippen LogP contribution in [0.4, 0.5) is 11.4 Å². The molecule has 0 aliphatic heterocycles. The van der Waals surface area contributed by atoms with Gasteiger partial charge in [0.05, 0.1) is 5.56 Å². The number of hydrogen-bond acceptors (Lipinski definition) is 1. The maximum atomic E-state index is 3.54. The Bertz CT molecular complexity index is 1020. The van der Waals surface area contributed by atoms with Crippen LogP contribution in [0.25, 0.3) is 11.6 Å². The fourth-order valence-electron chi connectivity index (χ4n) is 3.28. The number of fused-ring (bicyclic) bond motifs is 1. The van der Waals surface area contributed by atoms with Gasteiger partial charge in [0.2, 0.25) is 11.4 Å². The van der Waals surface area contributed by atoms with E-state index in [1.54, 1.807) is 0 Å². The Labute approximate surface area is 160 Å². The van der Waals surface area contributed by atoms with Gasteiger partial charge in [0.15, 0.2) is 0 Å². The Kier molecular flexibility index (Phi) is 4.71. The zero-order chi connectivity index (χ0) is 18.6. The summed E-state index contributed by atoms with van der Waals surface area (Å²) in [6.07, 6.45) is 6.59. The summed E-state index contributed by atoms with van der Waals surface area (Å²) < 4.78 is 0. The SMILES string of the molecule is CN(C)c1ccc(C=C2C=CC(=[NH+]c3ccccc3)c3ccccc32)cc1. The molecule has 1 aliphatic carbocycles. The molecule has 0 amide bonds. The van der Waals surface area contributed by atoms with Crippen LogP contribution < -0.4 is 9.89 Å². The Hall–Kier alpha value is -3.39. The summed E-state index contributed by atoms with van der Waals surface area (Å²) in [6, 6.07) is 27.5. The van der Waals surface area contributed by atoms with Crippen LogP contribution in [0.5, 0.6) is 0 Å². The fraction of sp³-hybridized carbons (Fsp3) is 0.0800. The lowest BCUT2D eigenvalue weighted by Gasteiger charge is -2.14. The first-order valence-electron chi connectivity index (χ1n) is 9.17. The van der Waals surface area contributed by atoms with E-state index in [1.807, 2.05) is 18.2 Å². The first-order chi connectivity index (χ1) is 13.2. The summed E-state index contributed by atoms with van der Waals surface area (Å²) in [5.41, 5.74) is 8.32. The van der Waals surface area contributed by atoms with E-state index in [2.05, 4.69) is 103 Å². The quantitative estimate of drug-likeness (QED) is 0.753. The number of anilines is 1. The smallest absolute Gasteiger partial charge is 0.211 e. The molecule has 0 radical (unpaired) electrons. The Balaban J connectivity index is 1.73. The molecule has 0 saturated carbocycles. The van der Waals surface area contributed by atoms with E-state index in [0.29, 0.717) is 0 Å². The van der Waals surface area contributed by atoms with Crippen LogP contribution in [0.3, 0.4) is 0 Å². The van der Waals surface area contributed by atoms with Crippen LogP contribution >= 0.6 is 0 Å². The van der Waals surface area contributed by atoms with Gasteiger partial charge in [0.1, 0.15) is 0 Å². The molecule has 1 aliphatic rings. The maximum Gasteiger partial charge on any atom is 0.211 e. The van der Waals surface area contributed by atoms with Crippen LogP contribution in [0.2, 0.25) is 0 Å². The highest BCUT2D eigenvalue weighted by Gasteiger charge is 2.18. The number of rotatable bonds is 3. The predicted octanol–water partition coefficient (Wildman–Crippen LogP) is 4.06. The molecule has 0 bridgehead atoms. The monoisotopic (exact) mass is 351 g/mol. The number of hydrogen-bond donors (Lipinski definition) is 1. The molecule has 1 N–H and O–H groups in total. The molecule has 0 aromatic heterocycles. The van der Waals surface area contributed by atoms with Gasteiger partial charge in [-0.3, -0.25) is 0 Å². The van der Waals surface area contributed by atoms with Crippen molar-refractivity contribution >= 4 is 28.7 Å². The molecule has 27 heavy (non-hydrogen) atoms. The van der Waals surface area contributed by atoms with Gasteiger partial charge < -0.3 is 4.90 Å². The second-order valence-electron chi connectivity index (χ2n) is 6.87. The fourth-order valence-corrected chi connectivity index (χ4v) is 3.28. The molecule has 2 nitrogen and oxygen atoms in total. The highest BCUT2D eigenvalue weighted by molar-refractivity contribution is 6.14. The van der Waals surface area contributed by atoms with E-state index >= 15 is 0 Å². The van der Waals surface area contributed by atoms with Crippen molar-refractivity contribution in [2.75, 3.05) is 19.0 Å². The van der Waals surface area contributed by atoms with Gasteiger partial charge in [0, 0.05) is 38.0 Å². The molecule has 0 fully saturated rings. The van der Waals surface area contributed by atoms with Crippen LogP contribution in [-0.4, -0.2) is 19.8 Å². The molecule has 4 rings (SSSR count). The van der Waals surface area contributed by atoms with Crippen LogP contribution in [0.1, 0.15) is 16.7 Å². The molecular formula is C25H23N2+. The Morgan fingerprint density at radius 1 is 0.704 bits per heavy atom. The number of nitrogens with zero attached hydrogens (tertiary/aromatic N) is 1. The Morgan fingerprint density at radius 3 is 2.07 bits per heavy atom. The van der Waals surface area contributed by atoms with Gasteiger partial charge >= 0.3 is 0 Å². The lowest BCUT2D eigenvalue weighted by atomic mass is 9.90. The van der Waals surface area contributed by atoms with Crippen molar-refractivity contribution < 1.29 is 4.99 Å². The molecule has 0 spiro atoms. The number of para-hydroxylation sites is 1. The summed E-state index contributed by atoms with van der Waals surface area (Å²) in [7, 11) is 4.12. The maximum absolute atomic E-state index is 3.54.